The fraction of sp³-hybridized carbons (Fsp3) is 0.391. The van der Waals surface area contributed by atoms with Crippen LogP contribution in [-0.4, -0.2) is 73.7 Å². The smallest absolute Gasteiger partial charge is 0.279 e. The van der Waals surface area contributed by atoms with Crippen molar-refractivity contribution in [2.45, 2.75) is 39.0 Å². The number of aromatic nitrogens is 3. The van der Waals surface area contributed by atoms with Gasteiger partial charge in [0.2, 0.25) is 0 Å². The molecular weight excluding hydrogens is 456 g/mol. The molecule has 178 valence electrons. The van der Waals surface area contributed by atoms with Gasteiger partial charge in [0.25, 0.3) is 11.8 Å². The van der Waals surface area contributed by atoms with Crippen molar-refractivity contribution in [1.29, 1.82) is 0 Å². The lowest BCUT2D eigenvalue weighted by molar-refractivity contribution is -0.0798. The zero-order chi connectivity index (χ0) is 24.4. The van der Waals surface area contributed by atoms with Crippen LogP contribution in [0.2, 0.25) is 0 Å². The minimum Gasteiger partial charge on any atom is -0.386 e. The molecule has 0 spiro atoms. The molecule has 0 unspecified atom stereocenters. The summed E-state index contributed by atoms with van der Waals surface area (Å²) in [7, 11) is 1.65. The van der Waals surface area contributed by atoms with E-state index in [0.717, 1.165) is 16.1 Å². The highest BCUT2D eigenvalue weighted by atomic mass is 32.1. The summed E-state index contributed by atoms with van der Waals surface area (Å²) in [6, 6.07) is 7.57. The second-order valence-corrected chi connectivity index (χ2v) is 10.3. The van der Waals surface area contributed by atoms with Gasteiger partial charge in [-0.1, -0.05) is 23.9 Å². The largest absolute Gasteiger partial charge is 0.386 e. The van der Waals surface area contributed by atoms with Crippen molar-refractivity contribution in [2.24, 2.45) is 0 Å². The summed E-state index contributed by atoms with van der Waals surface area (Å²) < 4.78 is 1.72. The van der Waals surface area contributed by atoms with E-state index in [-0.39, 0.29) is 37.2 Å². The standard InChI is InChI=1S/C23H26N6O4S/c1-13(2)29-14(3)26(5)20(30)19-18(21(31)28-11-23(4,32)12-33-28)17(34-22(19)29)10-27-16-9-7-6-8-15(16)24-25-27/h6-9,13,32H,3,10-12H2,1-2,4-5H3/t23-/m0/s1. The average molecular weight is 483 g/mol. The second kappa shape index (κ2) is 7.90. The Kier molecular flexibility index (Phi) is 5.23. The van der Waals surface area contributed by atoms with Crippen LogP contribution in [0.15, 0.2) is 36.7 Å². The molecule has 10 nitrogen and oxygen atoms in total. The molecule has 0 aliphatic carbocycles. The van der Waals surface area contributed by atoms with Gasteiger partial charge in [0.05, 0.1) is 29.7 Å². The number of fused-ring (bicyclic) bond motifs is 2. The summed E-state index contributed by atoms with van der Waals surface area (Å²) in [5.74, 6) is -0.226. The van der Waals surface area contributed by atoms with E-state index in [9.17, 15) is 14.7 Å². The van der Waals surface area contributed by atoms with Crippen LogP contribution >= 0.6 is 11.3 Å². The van der Waals surface area contributed by atoms with E-state index >= 15 is 0 Å². The van der Waals surface area contributed by atoms with Gasteiger partial charge >= 0.3 is 0 Å². The summed E-state index contributed by atoms with van der Waals surface area (Å²) in [5, 5.41) is 20.6. The number of hydrogen-bond acceptors (Lipinski definition) is 8. The Morgan fingerprint density at radius 1 is 1.35 bits per heavy atom. The molecule has 34 heavy (non-hydrogen) atoms. The molecule has 1 saturated heterocycles. The van der Waals surface area contributed by atoms with Gasteiger partial charge < -0.3 is 10.0 Å². The van der Waals surface area contributed by atoms with Crippen molar-refractivity contribution in [1.82, 2.24) is 25.0 Å². The Bertz CT molecular complexity index is 1330. The fourth-order valence-electron chi connectivity index (χ4n) is 4.31. The Labute approximate surface area is 200 Å². The molecule has 2 aliphatic heterocycles. The number of carbonyl (C=O) groups excluding carboxylic acids is 2. The van der Waals surface area contributed by atoms with Crippen molar-refractivity contribution in [3.05, 3.63) is 52.7 Å². The Hall–Kier alpha value is -3.28. The van der Waals surface area contributed by atoms with Gasteiger partial charge in [0.1, 0.15) is 28.5 Å². The molecule has 2 amide bonds. The maximum atomic E-state index is 13.7. The quantitative estimate of drug-likeness (QED) is 0.609. The van der Waals surface area contributed by atoms with Crippen LogP contribution in [0.3, 0.4) is 0 Å². The molecule has 1 N–H and O–H groups in total. The van der Waals surface area contributed by atoms with Gasteiger partial charge in [0, 0.05) is 18.0 Å². The Balaban J connectivity index is 1.68. The molecule has 0 saturated carbocycles. The van der Waals surface area contributed by atoms with E-state index in [1.54, 1.807) is 18.7 Å². The van der Waals surface area contributed by atoms with Gasteiger partial charge in [-0.25, -0.2) is 9.75 Å². The molecule has 11 heteroatoms. The zero-order valence-corrected chi connectivity index (χ0v) is 20.3. The highest BCUT2D eigenvalue weighted by Crippen LogP contribution is 2.44. The first-order valence-corrected chi connectivity index (χ1v) is 11.8. The number of rotatable bonds is 4. The third-order valence-electron chi connectivity index (χ3n) is 6.05. The highest BCUT2D eigenvalue weighted by molar-refractivity contribution is 7.17. The monoisotopic (exact) mass is 482 g/mol. The Morgan fingerprint density at radius 2 is 2.09 bits per heavy atom. The van der Waals surface area contributed by atoms with E-state index in [1.165, 1.54) is 16.2 Å². The van der Waals surface area contributed by atoms with E-state index in [1.807, 2.05) is 43.0 Å². The summed E-state index contributed by atoms with van der Waals surface area (Å²) in [5.41, 5.74) is 0.970. The second-order valence-electron chi connectivity index (χ2n) is 9.17. The molecule has 2 aliphatic rings. The molecule has 0 radical (unpaired) electrons. The van der Waals surface area contributed by atoms with Crippen molar-refractivity contribution in [2.75, 3.05) is 25.1 Å². The number of carbonyl (C=O) groups is 2. The molecule has 5 rings (SSSR count). The van der Waals surface area contributed by atoms with Gasteiger partial charge in [-0.15, -0.1) is 16.4 Å². The topological polar surface area (TPSA) is 104 Å². The van der Waals surface area contributed by atoms with Crippen LogP contribution in [0, 0.1) is 0 Å². The summed E-state index contributed by atoms with van der Waals surface area (Å²) >= 11 is 1.37. The van der Waals surface area contributed by atoms with Gasteiger partial charge in [0.15, 0.2) is 0 Å². The minimum atomic E-state index is -1.16. The van der Waals surface area contributed by atoms with Crippen molar-refractivity contribution in [3.63, 3.8) is 0 Å². The number of amides is 2. The van der Waals surface area contributed by atoms with Gasteiger partial charge in [-0.2, -0.15) is 0 Å². The zero-order valence-electron chi connectivity index (χ0n) is 19.5. The highest BCUT2D eigenvalue weighted by Gasteiger charge is 2.43. The summed E-state index contributed by atoms with van der Waals surface area (Å²) in [6.45, 7) is 9.97. The molecule has 1 atom stereocenters. The number of hydrogen-bond donors (Lipinski definition) is 1. The summed E-state index contributed by atoms with van der Waals surface area (Å²) in [6.07, 6.45) is 0. The SMILES string of the molecule is C=C1N(C)C(=O)c2c(sc(Cn3nnc4ccccc43)c2C(=O)N2C[C@](C)(O)CO2)N1C(C)C. The third kappa shape index (κ3) is 3.47. The minimum absolute atomic E-state index is 0.00309. The van der Waals surface area contributed by atoms with Crippen LogP contribution in [-0.2, 0) is 11.4 Å². The first-order chi connectivity index (χ1) is 16.1. The third-order valence-corrected chi connectivity index (χ3v) is 7.22. The predicted octanol–water partition coefficient (Wildman–Crippen LogP) is 2.45. The van der Waals surface area contributed by atoms with Crippen LogP contribution in [0.25, 0.3) is 11.0 Å². The van der Waals surface area contributed by atoms with E-state index in [2.05, 4.69) is 16.9 Å². The van der Waals surface area contributed by atoms with Crippen molar-refractivity contribution >= 4 is 39.2 Å². The maximum absolute atomic E-state index is 13.7. The molecule has 0 bridgehead atoms. The van der Waals surface area contributed by atoms with E-state index in [0.29, 0.717) is 21.3 Å². The number of hydroxylamine groups is 2. The number of nitrogens with zero attached hydrogens (tertiary/aromatic N) is 6. The number of benzene rings is 1. The lowest BCUT2D eigenvalue weighted by Crippen LogP contribution is -2.45. The predicted molar refractivity (Wildman–Crippen MR) is 127 cm³/mol. The lowest BCUT2D eigenvalue weighted by Gasteiger charge is -2.38. The molecule has 1 aromatic carbocycles. The number of anilines is 1. The van der Waals surface area contributed by atoms with Gasteiger partial charge in [-0.05, 0) is 32.9 Å². The fourth-order valence-corrected chi connectivity index (χ4v) is 5.73. The molecule has 3 aromatic rings. The number of para-hydroxylation sites is 1. The molecule has 2 aromatic heterocycles. The van der Waals surface area contributed by atoms with Crippen LogP contribution in [0.5, 0.6) is 0 Å². The van der Waals surface area contributed by atoms with Crippen LogP contribution in [0.1, 0.15) is 46.4 Å². The normalized spacial score (nSPS) is 20.7. The number of thiophene rings is 1. The lowest BCUT2D eigenvalue weighted by atomic mass is 10.0. The van der Waals surface area contributed by atoms with Crippen molar-refractivity contribution in [3.8, 4) is 0 Å². The maximum Gasteiger partial charge on any atom is 0.279 e. The number of aliphatic hydroxyl groups is 1. The van der Waals surface area contributed by atoms with E-state index in [4.69, 9.17) is 4.84 Å². The van der Waals surface area contributed by atoms with Crippen molar-refractivity contribution < 1.29 is 19.5 Å². The molecular formula is C23H26N6O4S. The molecule has 4 heterocycles. The first kappa shape index (κ1) is 22.5. The van der Waals surface area contributed by atoms with Gasteiger partial charge in [-0.3, -0.25) is 19.3 Å². The van der Waals surface area contributed by atoms with Crippen LogP contribution in [0.4, 0.5) is 5.00 Å². The first-order valence-electron chi connectivity index (χ1n) is 11.0. The summed E-state index contributed by atoms with van der Waals surface area (Å²) in [4.78, 5) is 36.8. The molecule has 1 fully saturated rings. The average Bonchev–Trinajstić information content (AvgIpc) is 3.47. The van der Waals surface area contributed by atoms with E-state index < -0.39 is 11.5 Å². The number of β-amino-alcohol motifs (C(OH)–C–C–N with tert-alkyl or cyclic N) is 1. The Morgan fingerprint density at radius 3 is 2.76 bits per heavy atom. The van der Waals surface area contributed by atoms with Crippen LogP contribution < -0.4 is 4.90 Å².